The molecule has 1 aromatic heterocycles. The van der Waals surface area contributed by atoms with Crippen LogP contribution in [0.3, 0.4) is 0 Å². The highest BCUT2D eigenvalue weighted by molar-refractivity contribution is 5.97. The van der Waals surface area contributed by atoms with Gasteiger partial charge in [0.25, 0.3) is 11.6 Å². The van der Waals surface area contributed by atoms with Gasteiger partial charge in [-0.05, 0) is 18.2 Å². The van der Waals surface area contributed by atoms with E-state index in [0.29, 0.717) is 18.7 Å². The quantitative estimate of drug-likeness (QED) is 0.650. The fraction of sp³-hybridized carbons (Fsp3) is 0.200. The number of carbonyl (C=O) groups is 1. The average Bonchev–Trinajstić information content (AvgIpc) is 2.55. The van der Waals surface area contributed by atoms with Crippen molar-refractivity contribution in [2.24, 2.45) is 0 Å². The van der Waals surface area contributed by atoms with Crippen molar-refractivity contribution in [2.45, 2.75) is 6.42 Å². The largest absolute Gasteiger partial charge is 0.496 e. The number of pyridine rings is 1. The lowest BCUT2D eigenvalue weighted by Gasteiger charge is -2.09. The fourth-order valence-electron chi connectivity index (χ4n) is 1.93. The molecule has 0 spiro atoms. The van der Waals surface area contributed by atoms with Crippen LogP contribution in [0.1, 0.15) is 16.1 Å². The summed E-state index contributed by atoms with van der Waals surface area (Å²) in [5.41, 5.74) is 0.835. The summed E-state index contributed by atoms with van der Waals surface area (Å²) in [6, 6.07) is 9.45. The minimum atomic E-state index is -0.551. The van der Waals surface area contributed by atoms with Gasteiger partial charge in [0.15, 0.2) is 0 Å². The summed E-state index contributed by atoms with van der Waals surface area (Å²) in [6.07, 6.45) is 2.25. The molecule has 1 N–H and O–H groups in total. The van der Waals surface area contributed by atoms with Crippen molar-refractivity contribution in [1.82, 2.24) is 10.3 Å². The van der Waals surface area contributed by atoms with Crippen molar-refractivity contribution in [3.63, 3.8) is 0 Å². The Balaban J connectivity index is 2.05. The molecule has 1 aromatic carbocycles. The zero-order chi connectivity index (χ0) is 15.9. The first-order chi connectivity index (χ1) is 10.6. The Morgan fingerprint density at radius 2 is 2.18 bits per heavy atom. The van der Waals surface area contributed by atoms with Crippen LogP contribution in [-0.2, 0) is 6.42 Å². The minimum Gasteiger partial charge on any atom is -0.496 e. The third-order valence-corrected chi connectivity index (χ3v) is 3.03. The smallest absolute Gasteiger partial charge is 0.270 e. The zero-order valence-corrected chi connectivity index (χ0v) is 12.0. The van der Waals surface area contributed by atoms with Crippen molar-refractivity contribution < 1.29 is 14.5 Å². The summed E-state index contributed by atoms with van der Waals surface area (Å²) >= 11 is 0. The SMILES string of the molecule is COc1ccc([N+](=O)[O-])cc1C(=O)NCCc1ccccn1. The lowest BCUT2D eigenvalue weighted by atomic mass is 10.1. The van der Waals surface area contributed by atoms with Gasteiger partial charge in [0, 0.05) is 37.0 Å². The summed E-state index contributed by atoms with van der Waals surface area (Å²) in [7, 11) is 1.41. The highest BCUT2D eigenvalue weighted by Gasteiger charge is 2.17. The van der Waals surface area contributed by atoms with Gasteiger partial charge in [-0.25, -0.2) is 0 Å². The number of hydrogen-bond acceptors (Lipinski definition) is 5. The van der Waals surface area contributed by atoms with Crippen LogP contribution in [0.4, 0.5) is 5.69 Å². The first kappa shape index (κ1) is 15.4. The van der Waals surface area contributed by atoms with Gasteiger partial charge >= 0.3 is 0 Å². The summed E-state index contributed by atoms with van der Waals surface area (Å²) in [4.78, 5) is 26.6. The van der Waals surface area contributed by atoms with E-state index in [9.17, 15) is 14.9 Å². The van der Waals surface area contributed by atoms with E-state index in [1.807, 2.05) is 18.2 Å². The van der Waals surface area contributed by atoms with Crippen LogP contribution in [0, 0.1) is 10.1 Å². The number of nitro groups is 1. The topological polar surface area (TPSA) is 94.4 Å². The zero-order valence-electron chi connectivity index (χ0n) is 12.0. The summed E-state index contributed by atoms with van der Waals surface area (Å²) in [5, 5.41) is 13.5. The van der Waals surface area contributed by atoms with Crippen molar-refractivity contribution >= 4 is 11.6 Å². The molecule has 114 valence electrons. The first-order valence-corrected chi connectivity index (χ1v) is 6.62. The van der Waals surface area contributed by atoms with E-state index in [4.69, 9.17) is 4.74 Å². The molecule has 0 saturated carbocycles. The van der Waals surface area contributed by atoms with Crippen LogP contribution in [0.2, 0.25) is 0 Å². The molecule has 7 nitrogen and oxygen atoms in total. The second kappa shape index (κ2) is 7.16. The highest BCUT2D eigenvalue weighted by Crippen LogP contribution is 2.23. The fourth-order valence-corrected chi connectivity index (χ4v) is 1.93. The molecule has 0 atom stereocenters. The Bertz CT molecular complexity index is 674. The van der Waals surface area contributed by atoms with Crippen LogP contribution in [0.15, 0.2) is 42.6 Å². The number of methoxy groups -OCH3 is 1. The molecule has 0 unspecified atom stereocenters. The molecule has 0 aliphatic rings. The number of aromatic nitrogens is 1. The molecule has 22 heavy (non-hydrogen) atoms. The molecule has 0 aliphatic carbocycles. The average molecular weight is 301 g/mol. The number of amides is 1. The molecule has 0 aliphatic heterocycles. The molecular weight excluding hydrogens is 286 g/mol. The first-order valence-electron chi connectivity index (χ1n) is 6.62. The predicted molar refractivity (Wildman–Crippen MR) is 79.9 cm³/mol. The maximum Gasteiger partial charge on any atom is 0.270 e. The van der Waals surface area contributed by atoms with E-state index in [1.54, 1.807) is 6.20 Å². The van der Waals surface area contributed by atoms with E-state index in [1.165, 1.54) is 25.3 Å². The number of non-ortho nitro benzene ring substituents is 1. The van der Waals surface area contributed by atoms with Crippen LogP contribution in [0.25, 0.3) is 0 Å². The van der Waals surface area contributed by atoms with Crippen LogP contribution in [0.5, 0.6) is 5.75 Å². The lowest BCUT2D eigenvalue weighted by molar-refractivity contribution is -0.384. The van der Waals surface area contributed by atoms with Crippen molar-refractivity contribution in [3.05, 3.63) is 64.0 Å². The lowest BCUT2D eigenvalue weighted by Crippen LogP contribution is -2.26. The molecular formula is C15H15N3O4. The monoisotopic (exact) mass is 301 g/mol. The number of ether oxygens (including phenoxy) is 1. The van der Waals surface area contributed by atoms with E-state index in [2.05, 4.69) is 10.3 Å². The molecule has 2 aromatic rings. The third-order valence-electron chi connectivity index (χ3n) is 3.03. The van der Waals surface area contributed by atoms with Gasteiger partial charge in [-0.1, -0.05) is 6.07 Å². The molecule has 0 fully saturated rings. The summed E-state index contributed by atoms with van der Waals surface area (Å²) in [5.74, 6) is -0.127. The normalized spacial score (nSPS) is 10.0. The second-order valence-electron chi connectivity index (χ2n) is 4.47. The van der Waals surface area contributed by atoms with Gasteiger partial charge in [0.1, 0.15) is 5.75 Å². The van der Waals surface area contributed by atoms with Gasteiger partial charge in [-0.15, -0.1) is 0 Å². The number of hydrogen-bond donors (Lipinski definition) is 1. The molecule has 7 heteroatoms. The molecule has 1 amide bonds. The summed E-state index contributed by atoms with van der Waals surface area (Å²) < 4.78 is 5.07. The van der Waals surface area contributed by atoms with Crippen molar-refractivity contribution in [3.8, 4) is 5.75 Å². The number of nitrogens with zero attached hydrogens (tertiary/aromatic N) is 2. The second-order valence-corrected chi connectivity index (χ2v) is 4.47. The predicted octanol–water partition coefficient (Wildman–Crippen LogP) is 1.97. The van der Waals surface area contributed by atoms with Gasteiger partial charge in [0.05, 0.1) is 17.6 Å². The Morgan fingerprint density at radius 3 is 2.82 bits per heavy atom. The van der Waals surface area contributed by atoms with Crippen LogP contribution in [-0.4, -0.2) is 29.5 Å². The third kappa shape index (κ3) is 3.78. The van der Waals surface area contributed by atoms with Crippen molar-refractivity contribution in [1.29, 1.82) is 0 Å². The van der Waals surface area contributed by atoms with Gasteiger partial charge < -0.3 is 10.1 Å². The Kier molecular flexibility index (Phi) is 5.02. The van der Waals surface area contributed by atoms with Gasteiger partial charge in [-0.2, -0.15) is 0 Å². The van der Waals surface area contributed by atoms with Crippen LogP contribution < -0.4 is 10.1 Å². The maximum absolute atomic E-state index is 12.2. The number of rotatable bonds is 6. The molecule has 1 heterocycles. The minimum absolute atomic E-state index is 0.137. The molecule has 2 rings (SSSR count). The standard InChI is InChI=1S/C15H15N3O4/c1-22-14-6-5-12(18(20)21)10-13(14)15(19)17-9-7-11-4-2-3-8-16-11/h2-6,8,10H,7,9H2,1H3,(H,17,19). The number of benzene rings is 1. The summed E-state index contributed by atoms with van der Waals surface area (Å²) in [6.45, 7) is 0.377. The number of carbonyl (C=O) groups excluding carboxylic acids is 1. The molecule has 0 radical (unpaired) electrons. The number of nitro benzene ring substituents is 1. The van der Waals surface area contributed by atoms with E-state index >= 15 is 0 Å². The van der Waals surface area contributed by atoms with E-state index < -0.39 is 10.8 Å². The highest BCUT2D eigenvalue weighted by atomic mass is 16.6. The van der Waals surface area contributed by atoms with Gasteiger partial charge in [-0.3, -0.25) is 19.9 Å². The van der Waals surface area contributed by atoms with E-state index in [-0.39, 0.29) is 11.3 Å². The Labute approximate surface area is 127 Å². The molecule has 0 bridgehead atoms. The molecule has 0 saturated heterocycles. The van der Waals surface area contributed by atoms with Gasteiger partial charge in [0.2, 0.25) is 0 Å². The Morgan fingerprint density at radius 1 is 1.36 bits per heavy atom. The van der Waals surface area contributed by atoms with E-state index in [0.717, 1.165) is 5.69 Å². The number of nitrogens with one attached hydrogen (secondary N) is 1. The maximum atomic E-state index is 12.2. The Hall–Kier alpha value is -2.96. The van der Waals surface area contributed by atoms with Crippen molar-refractivity contribution in [2.75, 3.05) is 13.7 Å². The van der Waals surface area contributed by atoms with Crippen LogP contribution >= 0.6 is 0 Å².